The van der Waals surface area contributed by atoms with Crippen molar-refractivity contribution in [2.24, 2.45) is 11.7 Å². The normalized spacial score (nSPS) is 27.2. The lowest BCUT2D eigenvalue weighted by Gasteiger charge is -2.34. The fourth-order valence-corrected chi connectivity index (χ4v) is 3.46. The van der Waals surface area contributed by atoms with Crippen LogP contribution in [0.4, 0.5) is 0 Å². The second-order valence-electron chi connectivity index (χ2n) is 5.46. The van der Waals surface area contributed by atoms with Gasteiger partial charge in [0.05, 0.1) is 24.3 Å². The number of esters is 1. The summed E-state index contributed by atoms with van der Waals surface area (Å²) in [7, 11) is 0. The molecule has 106 valence electrons. The molecule has 1 aliphatic carbocycles. The largest absolute Gasteiger partial charge is 0.466 e. The van der Waals surface area contributed by atoms with Gasteiger partial charge >= 0.3 is 5.97 Å². The van der Waals surface area contributed by atoms with Crippen molar-refractivity contribution in [2.45, 2.75) is 51.5 Å². The van der Waals surface area contributed by atoms with Crippen LogP contribution in [-0.4, -0.2) is 17.6 Å². The molecule has 19 heavy (non-hydrogen) atoms. The first-order valence-corrected chi connectivity index (χ1v) is 7.81. The molecule has 1 saturated carbocycles. The maximum atomic E-state index is 11.4. The number of carbonyl (C=O) groups is 1. The van der Waals surface area contributed by atoms with Crippen molar-refractivity contribution in [3.63, 3.8) is 0 Å². The lowest BCUT2D eigenvalue weighted by atomic mass is 9.78. The number of nitrogens with zero attached hydrogens (tertiary/aromatic N) is 1. The summed E-state index contributed by atoms with van der Waals surface area (Å²) in [5.74, 6) is 0.540. The van der Waals surface area contributed by atoms with E-state index in [4.69, 9.17) is 10.5 Å². The van der Waals surface area contributed by atoms with Crippen LogP contribution in [0.3, 0.4) is 0 Å². The zero-order valence-corrected chi connectivity index (χ0v) is 12.5. The van der Waals surface area contributed by atoms with E-state index in [-0.39, 0.29) is 17.9 Å². The summed E-state index contributed by atoms with van der Waals surface area (Å²) in [5, 5.41) is 2.90. The Morgan fingerprint density at radius 3 is 2.89 bits per heavy atom. The van der Waals surface area contributed by atoms with Crippen LogP contribution >= 0.6 is 11.3 Å². The number of rotatable bonds is 4. The first kappa shape index (κ1) is 14.5. The molecular weight excluding hydrogens is 260 g/mol. The van der Waals surface area contributed by atoms with Gasteiger partial charge in [0.25, 0.3) is 0 Å². The van der Waals surface area contributed by atoms with Crippen LogP contribution < -0.4 is 5.73 Å². The van der Waals surface area contributed by atoms with Crippen LogP contribution in [-0.2, 0) is 21.5 Å². The van der Waals surface area contributed by atoms with Crippen molar-refractivity contribution in [1.29, 1.82) is 0 Å². The molecule has 1 aromatic heterocycles. The monoisotopic (exact) mass is 282 g/mol. The van der Waals surface area contributed by atoms with Crippen LogP contribution in [0.15, 0.2) is 5.38 Å². The molecule has 0 amide bonds. The van der Waals surface area contributed by atoms with Crippen molar-refractivity contribution in [2.75, 3.05) is 6.61 Å². The number of ether oxygens (including phenoxy) is 1. The van der Waals surface area contributed by atoms with Gasteiger partial charge in [-0.15, -0.1) is 11.3 Å². The minimum Gasteiger partial charge on any atom is -0.466 e. The fraction of sp³-hybridized carbons (Fsp3) is 0.714. The molecule has 1 aromatic rings. The summed E-state index contributed by atoms with van der Waals surface area (Å²) in [6, 6.07) is 0. The highest BCUT2D eigenvalue weighted by atomic mass is 32.1. The number of aromatic nitrogens is 1. The zero-order valence-electron chi connectivity index (χ0n) is 11.6. The van der Waals surface area contributed by atoms with E-state index in [1.54, 1.807) is 11.3 Å². The molecule has 2 N–H and O–H groups in total. The highest BCUT2D eigenvalue weighted by molar-refractivity contribution is 7.09. The SMILES string of the molecule is CCOC(=O)Cc1csc(C2(N)CCC(C)CC2)n1. The van der Waals surface area contributed by atoms with Gasteiger partial charge in [0.15, 0.2) is 0 Å². The van der Waals surface area contributed by atoms with Crippen molar-refractivity contribution < 1.29 is 9.53 Å². The van der Waals surface area contributed by atoms with Crippen LogP contribution in [0, 0.1) is 5.92 Å². The van der Waals surface area contributed by atoms with E-state index in [0.29, 0.717) is 6.61 Å². The van der Waals surface area contributed by atoms with E-state index in [1.807, 2.05) is 12.3 Å². The molecule has 1 aliphatic rings. The minimum atomic E-state index is -0.288. The third kappa shape index (κ3) is 3.54. The summed E-state index contributed by atoms with van der Waals surface area (Å²) in [5.41, 5.74) is 6.97. The van der Waals surface area contributed by atoms with E-state index < -0.39 is 0 Å². The number of thiazole rings is 1. The molecule has 2 rings (SSSR count). The topological polar surface area (TPSA) is 65.2 Å². The van der Waals surface area contributed by atoms with Gasteiger partial charge in [-0.1, -0.05) is 6.92 Å². The highest BCUT2D eigenvalue weighted by Crippen LogP contribution is 2.38. The highest BCUT2D eigenvalue weighted by Gasteiger charge is 2.34. The van der Waals surface area contributed by atoms with Gasteiger partial charge in [-0.3, -0.25) is 4.79 Å². The van der Waals surface area contributed by atoms with Crippen LogP contribution in [0.5, 0.6) is 0 Å². The maximum Gasteiger partial charge on any atom is 0.311 e. The van der Waals surface area contributed by atoms with Crippen molar-refractivity contribution in [3.8, 4) is 0 Å². The second kappa shape index (κ2) is 6.01. The summed E-state index contributed by atoms with van der Waals surface area (Å²) in [6.45, 7) is 4.49. The van der Waals surface area contributed by atoms with E-state index in [0.717, 1.165) is 42.3 Å². The number of hydrogen-bond acceptors (Lipinski definition) is 5. The summed E-state index contributed by atoms with van der Waals surface area (Å²) in [4.78, 5) is 16.0. The molecule has 0 atom stereocenters. The van der Waals surface area contributed by atoms with Crippen molar-refractivity contribution in [1.82, 2.24) is 4.98 Å². The molecule has 0 aromatic carbocycles. The second-order valence-corrected chi connectivity index (χ2v) is 6.32. The van der Waals surface area contributed by atoms with Crippen LogP contribution in [0.25, 0.3) is 0 Å². The molecule has 0 bridgehead atoms. The molecule has 0 radical (unpaired) electrons. The third-order valence-electron chi connectivity index (χ3n) is 3.77. The van der Waals surface area contributed by atoms with Crippen LogP contribution in [0.1, 0.15) is 50.2 Å². The average Bonchev–Trinajstić information content (AvgIpc) is 2.82. The molecule has 0 spiro atoms. The van der Waals surface area contributed by atoms with Gasteiger partial charge in [0.1, 0.15) is 5.01 Å². The Hall–Kier alpha value is -0.940. The van der Waals surface area contributed by atoms with E-state index in [1.165, 1.54) is 0 Å². The lowest BCUT2D eigenvalue weighted by Crippen LogP contribution is -2.40. The van der Waals surface area contributed by atoms with E-state index in [9.17, 15) is 4.79 Å². The van der Waals surface area contributed by atoms with Gasteiger partial charge < -0.3 is 10.5 Å². The maximum absolute atomic E-state index is 11.4. The fourth-order valence-electron chi connectivity index (χ4n) is 2.47. The Labute approximate surface area is 118 Å². The van der Waals surface area contributed by atoms with Gasteiger partial charge in [-0.25, -0.2) is 4.98 Å². The Balaban J connectivity index is 2.02. The van der Waals surface area contributed by atoms with Crippen molar-refractivity contribution >= 4 is 17.3 Å². The van der Waals surface area contributed by atoms with Gasteiger partial charge in [0.2, 0.25) is 0 Å². The predicted octanol–water partition coefficient (Wildman–Crippen LogP) is 2.61. The van der Waals surface area contributed by atoms with E-state index >= 15 is 0 Å². The first-order valence-electron chi connectivity index (χ1n) is 6.93. The van der Waals surface area contributed by atoms with Gasteiger partial charge in [0, 0.05) is 5.38 Å². The number of hydrogen-bond donors (Lipinski definition) is 1. The average molecular weight is 282 g/mol. The Morgan fingerprint density at radius 1 is 1.58 bits per heavy atom. The predicted molar refractivity (Wildman–Crippen MR) is 75.9 cm³/mol. The standard InChI is InChI=1S/C14H22N2O2S/c1-3-18-12(17)8-11-9-19-13(16-11)14(15)6-4-10(2)5-7-14/h9-10H,3-8,15H2,1-2H3. The first-order chi connectivity index (χ1) is 9.03. The lowest BCUT2D eigenvalue weighted by molar-refractivity contribution is -0.142. The molecule has 4 nitrogen and oxygen atoms in total. The molecule has 1 heterocycles. The van der Waals surface area contributed by atoms with Gasteiger partial charge in [-0.05, 0) is 38.5 Å². The van der Waals surface area contributed by atoms with Crippen LogP contribution in [0.2, 0.25) is 0 Å². The number of carbonyl (C=O) groups excluding carboxylic acids is 1. The summed E-state index contributed by atoms with van der Waals surface area (Å²) < 4.78 is 4.93. The smallest absolute Gasteiger partial charge is 0.311 e. The quantitative estimate of drug-likeness (QED) is 0.862. The summed E-state index contributed by atoms with van der Waals surface area (Å²) >= 11 is 1.57. The molecule has 5 heteroatoms. The minimum absolute atomic E-state index is 0.220. The number of nitrogens with two attached hydrogens (primary N) is 1. The van der Waals surface area contributed by atoms with Gasteiger partial charge in [-0.2, -0.15) is 0 Å². The van der Waals surface area contributed by atoms with Crippen molar-refractivity contribution in [3.05, 3.63) is 16.1 Å². The molecule has 0 saturated heterocycles. The zero-order chi connectivity index (χ0) is 13.9. The Kier molecular flexibility index (Phi) is 4.58. The molecule has 0 unspecified atom stereocenters. The summed E-state index contributed by atoms with van der Waals surface area (Å²) in [6.07, 6.45) is 4.53. The Bertz CT molecular complexity index is 436. The molecule has 0 aliphatic heterocycles. The van der Waals surface area contributed by atoms with E-state index in [2.05, 4.69) is 11.9 Å². The molecule has 1 fully saturated rings. The molecular formula is C14H22N2O2S. The Morgan fingerprint density at radius 2 is 2.26 bits per heavy atom. The third-order valence-corrected chi connectivity index (χ3v) is 4.89.